The molecule has 0 saturated carbocycles. The number of pyridine rings is 1. The van der Waals surface area contributed by atoms with Gasteiger partial charge in [-0.1, -0.05) is 50.1 Å². The fraction of sp³-hybridized carbons (Fsp3) is 0.529. The zero-order valence-electron chi connectivity index (χ0n) is 28.1. The average molecular weight is 653 g/mol. The Hall–Kier alpha value is -4.52. The minimum atomic E-state index is -1.08. The zero-order valence-corrected chi connectivity index (χ0v) is 28.1. The van der Waals surface area contributed by atoms with Crippen LogP contribution in [0.15, 0.2) is 42.5 Å². The molecule has 0 bridgehead atoms. The maximum Gasteiger partial charge on any atom is 0.409 e. The van der Waals surface area contributed by atoms with Gasteiger partial charge in [-0.05, 0) is 52.8 Å². The van der Waals surface area contributed by atoms with E-state index < -0.39 is 29.6 Å². The molecule has 256 valence electrons. The van der Waals surface area contributed by atoms with Gasteiger partial charge in [0.15, 0.2) is 0 Å². The standard InChI is InChI=1S/C34H48N6O7/c1-6-7-11-20-46-33(45)40-18-16-39(17-19-40)32(44)26(14-15-30(42)47-34(2,3)4)38-31(43)28-22-25(36-29(41)23-35-5)21-27(37-28)24-12-9-8-10-13-24/h8-10,12-13,21-22,26,35H,6-7,11,14-20,23H2,1-5H3,(H,38,43)(H,36,37,41)/t26-/m0/s1. The van der Waals surface area contributed by atoms with Gasteiger partial charge in [0, 0.05) is 43.9 Å². The number of nitrogens with one attached hydrogen (secondary N) is 3. The molecule has 0 unspecified atom stereocenters. The molecule has 13 heteroatoms. The maximum atomic E-state index is 13.8. The first-order valence-electron chi connectivity index (χ1n) is 16.1. The second kappa shape index (κ2) is 18.0. The van der Waals surface area contributed by atoms with Crippen LogP contribution in [0.3, 0.4) is 0 Å². The Labute approximate surface area is 276 Å². The molecular weight excluding hydrogens is 604 g/mol. The van der Waals surface area contributed by atoms with Crippen molar-refractivity contribution in [1.29, 1.82) is 0 Å². The summed E-state index contributed by atoms with van der Waals surface area (Å²) in [6.07, 6.45) is 2.26. The molecule has 47 heavy (non-hydrogen) atoms. The number of unbranched alkanes of at least 4 members (excludes halogenated alkanes) is 2. The number of ether oxygens (including phenoxy) is 2. The van der Waals surface area contributed by atoms with E-state index in [1.165, 1.54) is 6.07 Å². The molecule has 1 aromatic heterocycles. The fourth-order valence-electron chi connectivity index (χ4n) is 4.92. The summed E-state index contributed by atoms with van der Waals surface area (Å²) in [5.74, 6) is -1.85. The zero-order chi connectivity index (χ0) is 34.4. The van der Waals surface area contributed by atoms with Crippen LogP contribution in [0.4, 0.5) is 10.5 Å². The van der Waals surface area contributed by atoms with Gasteiger partial charge in [0.05, 0.1) is 18.8 Å². The van der Waals surface area contributed by atoms with Crippen molar-refractivity contribution in [3.63, 3.8) is 0 Å². The van der Waals surface area contributed by atoms with Crippen molar-refractivity contribution < 1.29 is 33.4 Å². The minimum absolute atomic E-state index is 0.0106. The van der Waals surface area contributed by atoms with E-state index in [9.17, 15) is 24.0 Å². The van der Waals surface area contributed by atoms with E-state index in [0.29, 0.717) is 18.0 Å². The average Bonchev–Trinajstić information content (AvgIpc) is 3.04. The Kier molecular flexibility index (Phi) is 14.1. The first-order chi connectivity index (χ1) is 22.4. The number of benzene rings is 1. The van der Waals surface area contributed by atoms with E-state index in [0.717, 1.165) is 24.8 Å². The number of likely N-dealkylation sites (N-methyl/N-ethyl adjacent to an activating group) is 1. The van der Waals surface area contributed by atoms with E-state index in [2.05, 4.69) is 27.9 Å². The number of rotatable bonds is 14. The summed E-state index contributed by atoms with van der Waals surface area (Å²) in [6.45, 7) is 8.79. The normalized spacial score (nSPS) is 13.8. The predicted octanol–water partition coefficient (Wildman–Crippen LogP) is 3.60. The Bertz CT molecular complexity index is 1370. The van der Waals surface area contributed by atoms with E-state index in [-0.39, 0.29) is 63.1 Å². The third-order valence-corrected chi connectivity index (χ3v) is 7.23. The molecule has 13 nitrogen and oxygen atoms in total. The number of carbonyl (C=O) groups excluding carboxylic acids is 5. The van der Waals surface area contributed by atoms with Crippen molar-refractivity contribution in [2.75, 3.05) is 51.7 Å². The molecule has 1 aromatic carbocycles. The van der Waals surface area contributed by atoms with Crippen LogP contribution in [-0.4, -0.2) is 103 Å². The van der Waals surface area contributed by atoms with E-state index >= 15 is 0 Å². The second-order valence-corrected chi connectivity index (χ2v) is 12.4. The molecule has 0 aliphatic carbocycles. The van der Waals surface area contributed by atoms with Crippen molar-refractivity contribution in [2.45, 2.75) is 71.4 Å². The Morgan fingerprint density at radius 3 is 2.28 bits per heavy atom. The highest BCUT2D eigenvalue weighted by Crippen LogP contribution is 2.22. The summed E-state index contributed by atoms with van der Waals surface area (Å²) in [5, 5.41) is 8.33. The topological polar surface area (TPSA) is 159 Å². The molecule has 0 spiro atoms. The van der Waals surface area contributed by atoms with Crippen LogP contribution in [0, 0.1) is 0 Å². The highest BCUT2D eigenvalue weighted by molar-refractivity contribution is 5.99. The highest BCUT2D eigenvalue weighted by Gasteiger charge is 2.32. The monoisotopic (exact) mass is 652 g/mol. The van der Waals surface area contributed by atoms with Gasteiger partial charge in [-0.3, -0.25) is 19.2 Å². The van der Waals surface area contributed by atoms with Gasteiger partial charge in [0.2, 0.25) is 11.8 Å². The lowest BCUT2D eigenvalue weighted by Gasteiger charge is -2.36. The highest BCUT2D eigenvalue weighted by atomic mass is 16.6. The third kappa shape index (κ3) is 12.3. The fourth-order valence-corrected chi connectivity index (χ4v) is 4.92. The number of piperazine rings is 1. The van der Waals surface area contributed by atoms with Crippen LogP contribution in [0.2, 0.25) is 0 Å². The minimum Gasteiger partial charge on any atom is -0.460 e. The van der Waals surface area contributed by atoms with Crippen molar-refractivity contribution in [3.05, 3.63) is 48.2 Å². The number of anilines is 1. The van der Waals surface area contributed by atoms with E-state index in [1.807, 2.05) is 30.3 Å². The van der Waals surface area contributed by atoms with Crippen LogP contribution in [0.25, 0.3) is 11.3 Å². The largest absolute Gasteiger partial charge is 0.460 e. The van der Waals surface area contributed by atoms with Crippen LogP contribution in [0.1, 0.15) is 70.3 Å². The number of nitrogens with zero attached hydrogens (tertiary/aromatic N) is 3. The van der Waals surface area contributed by atoms with Gasteiger partial charge >= 0.3 is 12.1 Å². The number of hydrogen-bond donors (Lipinski definition) is 3. The van der Waals surface area contributed by atoms with Crippen LogP contribution >= 0.6 is 0 Å². The molecule has 1 saturated heterocycles. The van der Waals surface area contributed by atoms with Crippen molar-refractivity contribution >= 4 is 35.5 Å². The summed E-state index contributed by atoms with van der Waals surface area (Å²) < 4.78 is 10.8. The molecule has 3 rings (SSSR count). The number of esters is 1. The molecule has 2 heterocycles. The van der Waals surface area contributed by atoms with Gasteiger partial charge in [-0.25, -0.2) is 9.78 Å². The summed E-state index contributed by atoms with van der Waals surface area (Å²) >= 11 is 0. The van der Waals surface area contributed by atoms with Crippen LogP contribution in [-0.2, 0) is 23.9 Å². The second-order valence-electron chi connectivity index (χ2n) is 12.4. The molecule has 4 amide bonds. The molecule has 2 aromatic rings. The summed E-state index contributed by atoms with van der Waals surface area (Å²) in [5.41, 5.74) is 0.811. The first-order valence-corrected chi connectivity index (χ1v) is 16.1. The summed E-state index contributed by atoms with van der Waals surface area (Å²) in [6, 6.07) is 11.2. The third-order valence-electron chi connectivity index (χ3n) is 7.23. The number of carbonyl (C=O) groups is 5. The predicted molar refractivity (Wildman–Crippen MR) is 178 cm³/mol. The smallest absolute Gasteiger partial charge is 0.409 e. The molecule has 1 fully saturated rings. The molecule has 1 aliphatic rings. The molecular formula is C34H48N6O7. The number of aromatic nitrogens is 1. The van der Waals surface area contributed by atoms with Crippen molar-refractivity contribution in [3.8, 4) is 11.3 Å². The van der Waals surface area contributed by atoms with Gasteiger partial charge in [0.25, 0.3) is 5.91 Å². The number of amides is 4. The summed E-state index contributed by atoms with van der Waals surface area (Å²) in [4.78, 5) is 72.6. The van der Waals surface area contributed by atoms with Crippen molar-refractivity contribution in [1.82, 2.24) is 25.4 Å². The Morgan fingerprint density at radius 2 is 1.64 bits per heavy atom. The Morgan fingerprint density at radius 1 is 0.957 bits per heavy atom. The SMILES string of the molecule is CCCCCOC(=O)N1CCN(C(=O)[C@H](CCC(=O)OC(C)(C)C)NC(=O)c2cc(NC(=O)CNC)cc(-c3ccccc3)n2)CC1. The quantitative estimate of drug-likeness (QED) is 0.205. The molecule has 1 atom stereocenters. The molecule has 3 N–H and O–H groups in total. The van der Waals surface area contributed by atoms with E-state index in [4.69, 9.17) is 9.47 Å². The number of hydrogen-bond acceptors (Lipinski definition) is 9. The molecule has 1 aliphatic heterocycles. The maximum absolute atomic E-state index is 13.8. The summed E-state index contributed by atoms with van der Waals surface area (Å²) in [7, 11) is 1.65. The van der Waals surface area contributed by atoms with Gasteiger partial charge in [0.1, 0.15) is 17.3 Å². The van der Waals surface area contributed by atoms with Crippen LogP contribution < -0.4 is 16.0 Å². The lowest BCUT2D eigenvalue weighted by Crippen LogP contribution is -2.56. The lowest BCUT2D eigenvalue weighted by molar-refractivity contribution is -0.155. The van der Waals surface area contributed by atoms with Crippen molar-refractivity contribution in [2.24, 2.45) is 0 Å². The lowest BCUT2D eigenvalue weighted by atomic mass is 10.1. The van der Waals surface area contributed by atoms with Crippen LogP contribution in [0.5, 0.6) is 0 Å². The van der Waals surface area contributed by atoms with Gasteiger partial charge < -0.3 is 35.2 Å². The van der Waals surface area contributed by atoms with Gasteiger partial charge in [-0.15, -0.1) is 0 Å². The Balaban J connectivity index is 1.79. The molecule has 0 radical (unpaired) electrons. The van der Waals surface area contributed by atoms with E-state index in [1.54, 1.807) is 43.7 Å². The van der Waals surface area contributed by atoms with Gasteiger partial charge in [-0.2, -0.15) is 0 Å². The first kappa shape index (κ1) is 36.9.